The van der Waals surface area contributed by atoms with Crippen molar-refractivity contribution in [1.29, 1.82) is 0 Å². The number of benzene rings is 4. The van der Waals surface area contributed by atoms with E-state index in [2.05, 4.69) is 100 Å². The second-order valence-electron chi connectivity index (χ2n) is 8.81. The van der Waals surface area contributed by atoms with Crippen LogP contribution in [0.25, 0.3) is 11.0 Å². The number of ether oxygens (including phenoxy) is 1. The van der Waals surface area contributed by atoms with Crippen molar-refractivity contribution in [2.75, 3.05) is 18.1 Å². The molecule has 5 nitrogen and oxygen atoms in total. The largest absolute Gasteiger partial charge is 0.492 e. The molecular formula is C28H21N3O2. The van der Waals surface area contributed by atoms with Gasteiger partial charge in [-0.05, 0) is 45.2 Å². The minimum absolute atomic E-state index is 0.0756. The van der Waals surface area contributed by atoms with E-state index in [0.29, 0.717) is 6.61 Å². The molecule has 1 atom stereocenters. The van der Waals surface area contributed by atoms with Crippen molar-refractivity contribution in [1.82, 2.24) is 10.3 Å². The molecule has 1 aromatic heterocycles. The third-order valence-electron chi connectivity index (χ3n) is 7.05. The normalized spacial score (nSPS) is 18.6. The minimum atomic E-state index is -0.341. The third-order valence-corrected chi connectivity index (χ3v) is 7.05. The van der Waals surface area contributed by atoms with E-state index in [1.807, 2.05) is 12.1 Å². The highest BCUT2D eigenvalue weighted by Gasteiger charge is 2.52. The zero-order chi connectivity index (χ0) is 21.8. The topological polar surface area (TPSA) is 51.4 Å². The fourth-order valence-corrected chi connectivity index (χ4v) is 5.67. The SMILES string of the molecule is c1ccc(C(c2ccccc2)N2CC3(COc4ccc5nonc5c43)c3ccccc32)cc1. The lowest BCUT2D eigenvalue weighted by Crippen LogP contribution is -2.38. The summed E-state index contributed by atoms with van der Waals surface area (Å²) in [5.41, 5.74) is 7.29. The van der Waals surface area contributed by atoms with Crippen LogP contribution in [0.4, 0.5) is 5.69 Å². The van der Waals surface area contributed by atoms with Crippen LogP contribution >= 0.6 is 0 Å². The van der Waals surface area contributed by atoms with Gasteiger partial charge in [-0.2, -0.15) is 0 Å². The lowest BCUT2D eigenvalue weighted by molar-refractivity contribution is 0.297. The number of hydrogen-bond donors (Lipinski definition) is 0. The van der Waals surface area contributed by atoms with E-state index in [-0.39, 0.29) is 11.5 Å². The number of aromatic nitrogens is 2. The first-order chi connectivity index (χ1) is 16.4. The molecule has 1 unspecified atom stereocenters. The van der Waals surface area contributed by atoms with Gasteiger partial charge in [0.2, 0.25) is 0 Å². The molecule has 7 rings (SSSR count). The summed E-state index contributed by atoms with van der Waals surface area (Å²) < 4.78 is 11.4. The Morgan fingerprint density at radius 1 is 0.758 bits per heavy atom. The van der Waals surface area contributed by atoms with Crippen molar-refractivity contribution in [3.05, 3.63) is 119 Å². The molecule has 0 saturated carbocycles. The molecule has 2 aliphatic rings. The molecule has 5 aromatic rings. The molecule has 3 heterocycles. The van der Waals surface area contributed by atoms with E-state index >= 15 is 0 Å². The molecule has 0 amide bonds. The van der Waals surface area contributed by atoms with E-state index in [4.69, 9.17) is 9.37 Å². The van der Waals surface area contributed by atoms with Crippen LogP contribution in [-0.2, 0) is 5.41 Å². The van der Waals surface area contributed by atoms with E-state index < -0.39 is 0 Å². The van der Waals surface area contributed by atoms with Crippen molar-refractivity contribution >= 4 is 16.7 Å². The average molecular weight is 431 g/mol. The summed E-state index contributed by atoms with van der Waals surface area (Å²) in [5.74, 6) is 0.867. The van der Waals surface area contributed by atoms with Gasteiger partial charge in [-0.3, -0.25) is 0 Å². The van der Waals surface area contributed by atoms with Crippen LogP contribution in [-0.4, -0.2) is 23.5 Å². The quantitative estimate of drug-likeness (QED) is 0.377. The zero-order valence-electron chi connectivity index (χ0n) is 17.9. The molecule has 1 spiro atoms. The summed E-state index contributed by atoms with van der Waals surface area (Å²) in [4.78, 5) is 2.52. The Balaban J connectivity index is 1.46. The summed E-state index contributed by atoms with van der Waals surface area (Å²) >= 11 is 0. The zero-order valence-corrected chi connectivity index (χ0v) is 17.9. The lowest BCUT2D eigenvalue weighted by Gasteiger charge is -2.33. The highest BCUT2D eigenvalue weighted by Crippen LogP contribution is 2.55. The first kappa shape index (κ1) is 18.5. The van der Waals surface area contributed by atoms with Gasteiger partial charge in [-0.25, -0.2) is 4.63 Å². The standard InChI is InChI=1S/C28H21N3O2/c1-3-9-19(10-4-1)27(20-11-5-2-6-12-20)31-17-28(21-13-7-8-14-23(21)31)18-32-24-16-15-22-26(25(24)28)30-33-29-22/h1-16,27H,17-18H2. The molecule has 0 fully saturated rings. The highest BCUT2D eigenvalue weighted by molar-refractivity contribution is 5.85. The molecule has 0 aliphatic carbocycles. The van der Waals surface area contributed by atoms with Gasteiger partial charge in [0.1, 0.15) is 23.4 Å². The van der Waals surface area contributed by atoms with Gasteiger partial charge in [0.25, 0.3) is 0 Å². The van der Waals surface area contributed by atoms with E-state index in [1.54, 1.807) is 0 Å². The fraction of sp³-hybridized carbons (Fsp3) is 0.143. The van der Waals surface area contributed by atoms with E-state index in [9.17, 15) is 0 Å². The Morgan fingerprint density at radius 3 is 2.21 bits per heavy atom. The third kappa shape index (κ3) is 2.59. The molecule has 0 N–H and O–H groups in total. The van der Waals surface area contributed by atoms with Gasteiger partial charge in [-0.15, -0.1) is 0 Å². The van der Waals surface area contributed by atoms with Crippen LogP contribution in [0.1, 0.15) is 28.3 Å². The van der Waals surface area contributed by atoms with Gasteiger partial charge in [0.15, 0.2) is 0 Å². The van der Waals surface area contributed by atoms with Crippen molar-refractivity contribution < 1.29 is 9.37 Å². The Kier molecular flexibility index (Phi) is 3.88. The number of para-hydroxylation sites is 1. The molecule has 0 saturated heterocycles. The van der Waals surface area contributed by atoms with Gasteiger partial charge >= 0.3 is 0 Å². The Hall–Kier alpha value is -4.12. The van der Waals surface area contributed by atoms with E-state index in [1.165, 1.54) is 22.4 Å². The number of nitrogens with zero attached hydrogens (tertiary/aromatic N) is 3. The van der Waals surface area contributed by atoms with Crippen LogP contribution in [0.2, 0.25) is 0 Å². The van der Waals surface area contributed by atoms with Gasteiger partial charge in [-0.1, -0.05) is 78.9 Å². The minimum Gasteiger partial charge on any atom is -0.492 e. The number of anilines is 1. The van der Waals surface area contributed by atoms with Crippen LogP contribution in [0, 0.1) is 0 Å². The van der Waals surface area contributed by atoms with Crippen molar-refractivity contribution in [2.45, 2.75) is 11.5 Å². The van der Waals surface area contributed by atoms with Gasteiger partial charge in [0.05, 0.1) is 11.5 Å². The second-order valence-corrected chi connectivity index (χ2v) is 8.81. The lowest BCUT2D eigenvalue weighted by atomic mass is 9.77. The molecule has 33 heavy (non-hydrogen) atoms. The number of hydrogen-bond acceptors (Lipinski definition) is 5. The molecule has 4 aromatic carbocycles. The maximum absolute atomic E-state index is 6.27. The predicted octanol–water partition coefficient (Wildman–Crippen LogP) is 5.51. The Labute approximate surface area is 191 Å². The summed E-state index contributed by atoms with van der Waals surface area (Å²) in [6.07, 6.45) is 0. The van der Waals surface area contributed by atoms with Crippen molar-refractivity contribution in [3.8, 4) is 5.75 Å². The molecular weight excluding hydrogens is 410 g/mol. The first-order valence-corrected chi connectivity index (χ1v) is 11.2. The molecule has 5 heteroatoms. The maximum Gasteiger partial charge on any atom is 0.143 e. The van der Waals surface area contributed by atoms with Crippen LogP contribution < -0.4 is 9.64 Å². The Bertz CT molecular complexity index is 1430. The van der Waals surface area contributed by atoms with Crippen LogP contribution in [0.15, 0.2) is 102 Å². The monoisotopic (exact) mass is 431 g/mol. The maximum atomic E-state index is 6.27. The molecule has 2 aliphatic heterocycles. The second kappa shape index (κ2) is 6.94. The Morgan fingerprint density at radius 2 is 1.45 bits per heavy atom. The summed E-state index contributed by atoms with van der Waals surface area (Å²) in [5, 5.41) is 8.38. The van der Waals surface area contributed by atoms with Crippen LogP contribution in [0.5, 0.6) is 5.75 Å². The van der Waals surface area contributed by atoms with Crippen molar-refractivity contribution in [2.24, 2.45) is 0 Å². The smallest absolute Gasteiger partial charge is 0.143 e. The summed E-state index contributed by atoms with van der Waals surface area (Å²) in [7, 11) is 0. The van der Waals surface area contributed by atoms with E-state index in [0.717, 1.165) is 28.9 Å². The highest BCUT2D eigenvalue weighted by atomic mass is 16.6. The molecule has 160 valence electrons. The number of fused-ring (bicyclic) bond motifs is 6. The molecule has 0 radical (unpaired) electrons. The average Bonchev–Trinajstić information content (AvgIpc) is 3.58. The van der Waals surface area contributed by atoms with Crippen LogP contribution in [0.3, 0.4) is 0 Å². The van der Waals surface area contributed by atoms with Gasteiger partial charge in [0, 0.05) is 17.8 Å². The summed E-state index contributed by atoms with van der Waals surface area (Å²) in [6.45, 7) is 1.35. The number of rotatable bonds is 3. The predicted molar refractivity (Wildman–Crippen MR) is 127 cm³/mol. The fourth-order valence-electron chi connectivity index (χ4n) is 5.67. The summed E-state index contributed by atoms with van der Waals surface area (Å²) in [6, 6.07) is 34.1. The first-order valence-electron chi connectivity index (χ1n) is 11.2. The molecule has 0 bridgehead atoms. The van der Waals surface area contributed by atoms with Crippen molar-refractivity contribution in [3.63, 3.8) is 0 Å². The van der Waals surface area contributed by atoms with Gasteiger partial charge < -0.3 is 9.64 Å².